The summed E-state index contributed by atoms with van der Waals surface area (Å²) in [4.78, 5) is 20.1. The quantitative estimate of drug-likeness (QED) is 0.685. The first kappa shape index (κ1) is 14.1. The molecule has 108 valence electrons. The average molecular weight is 288 g/mol. The largest absolute Gasteiger partial charge is 0.296 e. The van der Waals surface area contributed by atoms with Gasteiger partial charge in [0.2, 0.25) is 0 Å². The second-order valence-electron chi connectivity index (χ2n) is 5.24. The van der Waals surface area contributed by atoms with Gasteiger partial charge in [0.1, 0.15) is 11.5 Å². The molecular formula is C19H16N2O. The number of carbonyl (C=O) groups excluding carboxylic acids is 1. The van der Waals surface area contributed by atoms with Crippen molar-refractivity contribution in [1.29, 1.82) is 0 Å². The average Bonchev–Trinajstić information content (AvgIpc) is 2.56. The van der Waals surface area contributed by atoms with Crippen LogP contribution < -0.4 is 0 Å². The number of carbonyl (C=O) groups is 1. The van der Waals surface area contributed by atoms with Gasteiger partial charge in [0.15, 0.2) is 6.29 Å². The Balaban J connectivity index is 1.99. The van der Waals surface area contributed by atoms with Crippen LogP contribution in [0.15, 0.2) is 60.7 Å². The lowest BCUT2D eigenvalue weighted by atomic mass is 10.1. The van der Waals surface area contributed by atoms with Crippen LogP contribution in [0.5, 0.6) is 0 Å². The highest BCUT2D eigenvalue weighted by molar-refractivity contribution is 5.75. The fourth-order valence-electron chi connectivity index (χ4n) is 2.31. The molecule has 0 fully saturated rings. The minimum Gasteiger partial charge on any atom is -0.296 e. The van der Waals surface area contributed by atoms with E-state index in [1.165, 1.54) is 5.56 Å². The topological polar surface area (TPSA) is 42.9 Å². The summed E-state index contributed by atoms with van der Waals surface area (Å²) in [6.45, 7) is 2.04. The Hall–Kier alpha value is -2.81. The van der Waals surface area contributed by atoms with Gasteiger partial charge in [-0.05, 0) is 18.6 Å². The van der Waals surface area contributed by atoms with Gasteiger partial charge in [0.25, 0.3) is 0 Å². The Bertz CT molecular complexity index is 780. The lowest BCUT2D eigenvalue weighted by molar-refractivity contribution is 0.111. The van der Waals surface area contributed by atoms with Gasteiger partial charge in [-0.25, -0.2) is 9.97 Å². The van der Waals surface area contributed by atoms with Crippen LogP contribution in [0.2, 0.25) is 0 Å². The smallest absolute Gasteiger partial charge is 0.168 e. The first-order chi connectivity index (χ1) is 10.7. The van der Waals surface area contributed by atoms with Crippen LogP contribution in [-0.2, 0) is 6.42 Å². The molecule has 1 heterocycles. The van der Waals surface area contributed by atoms with Gasteiger partial charge in [0, 0.05) is 12.0 Å². The maximum absolute atomic E-state index is 11.2. The summed E-state index contributed by atoms with van der Waals surface area (Å²) >= 11 is 0. The molecule has 0 aliphatic rings. The number of benzene rings is 2. The van der Waals surface area contributed by atoms with Crippen molar-refractivity contribution in [3.8, 4) is 11.3 Å². The predicted octanol–water partition coefficient (Wildman–Crippen LogP) is 3.86. The van der Waals surface area contributed by atoms with E-state index >= 15 is 0 Å². The van der Waals surface area contributed by atoms with Crippen molar-refractivity contribution in [2.24, 2.45) is 0 Å². The van der Waals surface area contributed by atoms with Gasteiger partial charge < -0.3 is 0 Å². The van der Waals surface area contributed by atoms with Gasteiger partial charge in [-0.15, -0.1) is 0 Å². The number of hydrogen-bond acceptors (Lipinski definition) is 3. The second kappa shape index (κ2) is 6.31. The van der Waals surface area contributed by atoms with Gasteiger partial charge in [-0.2, -0.15) is 0 Å². The predicted molar refractivity (Wildman–Crippen MR) is 86.8 cm³/mol. The number of aromatic nitrogens is 2. The zero-order chi connectivity index (χ0) is 15.4. The maximum Gasteiger partial charge on any atom is 0.168 e. The highest BCUT2D eigenvalue weighted by Crippen LogP contribution is 2.19. The van der Waals surface area contributed by atoms with E-state index < -0.39 is 0 Å². The zero-order valence-corrected chi connectivity index (χ0v) is 12.4. The SMILES string of the molecule is Cc1ccc(-c2cc(C=O)nc(Cc3ccccc3)n2)cc1. The van der Waals surface area contributed by atoms with Gasteiger partial charge >= 0.3 is 0 Å². The lowest BCUT2D eigenvalue weighted by Crippen LogP contribution is -2.02. The van der Waals surface area contributed by atoms with E-state index in [0.717, 1.165) is 23.1 Å². The molecule has 0 bridgehead atoms. The van der Waals surface area contributed by atoms with Crippen molar-refractivity contribution in [3.05, 3.63) is 83.3 Å². The highest BCUT2D eigenvalue weighted by atomic mass is 16.1. The number of nitrogens with zero attached hydrogens (tertiary/aromatic N) is 2. The minimum atomic E-state index is 0.413. The summed E-state index contributed by atoms with van der Waals surface area (Å²) in [6.07, 6.45) is 1.38. The summed E-state index contributed by atoms with van der Waals surface area (Å²) < 4.78 is 0. The normalized spacial score (nSPS) is 10.4. The molecule has 0 saturated carbocycles. The van der Waals surface area contributed by atoms with E-state index in [1.807, 2.05) is 61.5 Å². The third-order valence-corrected chi connectivity index (χ3v) is 3.47. The molecular weight excluding hydrogens is 272 g/mol. The Labute approximate surface area is 129 Å². The van der Waals surface area contributed by atoms with E-state index in [9.17, 15) is 4.79 Å². The minimum absolute atomic E-state index is 0.413. The molecule has 3 rings (SSSR count). The number of aldehydes is 1. The van der Waals surface area contributed by atoms with E-state index in [2.05, 4.69) is 9.97 Å². The van der Waals surface area contributed by atoms with E-state index in [4.69, 9.17) is 0 Å². The monoisotopic (exact) mass is 288 g/mol. The maximum atomic E-state index is 11.2. The molecule has 1 aromatic heterocycles. The Morgan fingerprint density at radius 3 is 2.36 bits per heavy atom. The molecule has 0 N–H and O–H groups in total. The molecule has 0 aliphatic heterocycles. The summed E-state index contributed by atoms with van der Waals surface area (Å²) in [6, 6.07) is 19.8. The molecule has 3 heteroatoms. The summed E-state index contributed by atoms with van der Waals surface area (Å²) in [7, 11) is 0. The van der Waals surface area contributed by atoms with Crippen LogP contribution in [0.4, 0.5) is 0 Å². The Kier molecular flexibility index (Phi) is 4.05. The second-order valence-corrected chi connectivity index (χ2v) is 5.24. The number of aryl methyl sites for hydroxylation is 1. The standard InChI is InChI=1S/C19H16N2O/c1-14-7-9-16(10-8-14)18-12-17(13-22)20-19(21-18)11-15-5-3-2-4-6-15/h2-10,12-13H,11H2,1H3. The van der Waals surface area contributed by atoms with Crippen LogP contribution in [0, 0.1) is 6.92 Å². The molecule has 0 amide bonds. The van der Waals surface area contributed by atoms with Crippen molar-refractivity contribution in [2.45, 2.75) is 13.3 Å². The van der Waals surface area contributed by atoms with Crippen molar-refractivity contribution in [2.75, 3.05) is 0 Å². The molecule has 0 spiro atoms. The molecule has 22 heavy (non-hydrogen) atoms. The van der Waals surface area contributed by atoms with Crippen LogP contribution in [0.1, 0.15) is 27.4 Å². The molecule has 0 unspecified atom stereocenters. The molecule has 0 atom stereocenters. The van der Waals surface area contributed by atoms with Crippen LogP contribution in [-0.4, -0.2) is 16.3 Å². The molecule has 3 nitrogen and oxygen atoms in total. The van der Waals surface area contributed by atoms with Gasteiger partial charge in [-0.3, -0.25) is 4.79 Å². The summed E-state index contributed by atoms with van der Waals surface area (Å²) in [5, 5.41) is 0. The summed E-state index contributed by atoms with van der Waals surface area (Å²) in [5.74, 6) is 0.659. The summed E-state index contributed by atoms with van der Waals surface area (Å²) in [5.41, 5.74) is 4.50. The van der Waals surface area contributed by atoms with E-state index in [-0.39, 0.29) is 0 Å². The first-order valence-corrected chi connectivity index (χ1v) is 7.19. The molecule has 2 aromatic carbocycles. The van der Waals surface area contributed by atoms with Crippen molar-refractivity contribution < 1.29 is 4.79 Å². The number of hydrogen-bond donors (Lipinski definition) is 0. The van der Waals surface area contributed by atoms with Crippen molar-refractivity contribution in [3.63, 3.8) is 0 Å². The first-order valence-electron chi connectivity index (χ1n) is 7.19. The number of rotatable bonds is 4. The fraction of sp³-hybridized carbons (Fsp3) is 0.105. The molecule has 0 saturated heterocycles. The Morgan fingerprint density at radius 1 is 0.955 bits per heavy atom. The van der Waals surface area contributed by atoms with Crippen molar-refractivity contribution >= 4 is 6.29 Å². The third kappa shape index (κ3) is 3.26. The highest BCUT2D eigenvalue weighted by Gasteiger charge is 2.07. The van der Waals surface area contributed by atoms with E-state index in [0.29, 0.717) is 17.9 Å². The molecule has 0 aliphatic carbocycles. The molecule has 0 radical (unpaired) electrons. The third-order valence-electron chi connectivity index (χ3n) is 3.47. The van der Waals surface area contributed by atoms with Crippen LogP contribution in [0.3, 0.4) is 0 Å². The Morgan fingerprint density at radius 2 is 1.68 bits per heavy atom. The zero-order valence-electron chi connectivity index (χ0n) is 12.4. The lowest BCUT2D eigenvalue weighted by Gasteiger charge is -2.06. The fourth-order valence-corrected chi connectivity index (χ4v) is 2.31. The van der Waals surface area contributed by atoms with E-state index in [1.54, 1.807) is 6.07 Å². The van der Waals surface area contributed by atoms with Gasteiger partial charge in [-0.1, -0.05) is 60.2 Å². The van der Waals surface area contributed by atoms with Crippen LogP contribution in [0.25, 0.3) is 11.3 Å². The van der Waals surface area contributed by atoms with Crippen molar-refractivity contribution in [1.82, 2.24) is 9.97 Å². The van der Waals surface area contributed by atoms with Gasteiger partial charge in [0.05, 0.1) is 5.69 Å². The van der Waals surface area contributed by atoms with Crippen LogP contribution >= 0.6 is 0 Å². The molecule has 3 aromatic rings.